The summed E-state index contributed by atoms with van der Waals surface area (Å²) in [4.78, 5) is 0. The summed E-state index contributed by atoms with van der Waals surface area (Å²) in [7, 11) is 4.19. The van der Waals surface area contributed by atoms with Crippen LogP contribution in [0.25, 0.3) is 0 Å². The first-order valence-electron chi connectivity index (χ1n) is 1.21. The molecule has 4 heavy (non-hydrogen) atoms. The molecule has 0 atom stereocenters. The fourth-order valence-corrected chi connectivity index (χ4v) is 0. The topological polar surface area (TPSA) is 3.24 Å². The molecule has 0 aliphatic heterocycles. The van der Waals surface area contributed by atoms with E-state index in [-0.39, 0.29) is 0 Å². The van der Waals surface area contributed by atoms with Crippen LogP contribution in [0.15, 0.2) is 0 Å². The summed E-state index contributed by atoms with van der Waals surface area (Å²) in [5.74, 6) is 0. The molecule has 0 saturated heterocycles. The molecular formula is C2H6NNh. The molecule has 0 unspecified atom stereocenters. The van der Waals surface area contributed by atoms with Crippen molar-refractivity contribution in [1.29, 1.82) is 0 Å². The molecule has 0 spiro atoms. The Labute approximate surface area is 20.7 Å². The summed E-state index contributed by atoms with van der Waals surface area (Å²) in [6.45, 7) is 0. The van der Waals surface area contributed by atoms with E-state index in [0.717, 1.165) is 0 Å². The minimum atomic E-state index is 0.768. The van der Waals surface area contributed by atoms with E-state index in [1.54, 1.807) is 0 Å². The van der Waals surface area contributed by atoms with Gasteiger partial charge < -0.3 is 0 Å². The Morgan fingerprint density at radius 3 is 1.50 bits per heavy atom. The van der Waals surface area contributed by atoms with Gasteiger partial charge in [0.2, 0.25) is 0 Å². The molecule has 1 nitrogen and oxygen atoms in total. The number of hydrogen-bond donors (Lipinski definition) is 0. The monoisotopic (exact) mass is 328 g/mol. The maximum absolute atomic E-state index is 2.21. The Hall–Kier alpha value is -1.04. The van der Waals surface area contributed by atoms with Crippen LogP contribution in [0.3, 0.4) is 0 Å². The second-order valence-corrected chi connectivity index (χ2v) is 7.08. The van der Waals surface area contributed by atoms with Crippen LogP contribution in [-0.4, -0.2) is 19.4 Å². The molecule has 0 aromatic heterocycles. The number of nitrogens with zero attached hydrogens (tertiary/aromatic N) is 1. The van der Waals surface area contributed by atoms with E-state index in [2.05, 4.69) is 19.4 Å². The first-order chi connectivity index (χ1) is 1.73. The third-order valence-electron chi connectivity index (χ3n) is 0. The first-order valence-corrected chi connectivity index (χ1v) is 4.21. The molecular weight excluding hydrogens is 322 g/mol. The van der Waals surface area contributed by atoms with E-state index >= 15 is 0 Å². The van der Waals surface area contributed by atoms with Crippen LogP contribution >= 0.6 is 0 Å². The van der Waals surface area contributed by atoms with Gasteiger partial charge in [-0.3, -0.25) is 0 Å². The van der Waals surface area contributed by atoms with Crippen LogP contribution in [0, 0.1) is 0 Å². The quantitative estimate of drug-likeness (QED) is 0.606. The molecule has 0 saturated carbocycles. The summed E-state index contributed by atoms with van der Waals surface area (Å²) in [5.41, 5.74) is 0. The molecule has 0 aliphatic rings. The van der Waals surface area contributed by atoms with Gasteiger partial charge in [-0.1, -0.05) is 0 Å². The molecule has 0 aromatic rings. The Morgan fingerprint density at radius 1 is 1.50 bits per heavy atom. The molecule has 0 bridgehead atoms. The van der Waals surface area contributed by atoms with Crippen molar-refractivity contribution >= 4 is 0 Å². The Balaban J connectivity index is 2.32. The van der Waals surface area contributed by atoms with Gasteiger partial charge in [0, 0.05) is 0 Å². The van der Waals surface area contributed by atoms with Crippen molar-refractivity contribution in [3.63, 3.8) is 0 Å². The molecule has 0 rings (SSSR count). The molecule has 0 aromatic carbocycles. The van der Waals surface area contributed by atoms with Crippen LogP contribution in [0.1, 0.15) is 0 Å². The van der Waals surface area contributed by atoms with E-state index < -0.39 is 0 Å². The standard InChI is InChI=1S/C2H6N.Nh/c1-3-2;/h1-2H3;/q-1;+1. The van der Waals surface area contributed by atoms with E-state index in [1.807, 2.05) is 0 Å². The van der Waals surface area contributed by atoms with Crippen molar-refractivity contribution < 1.29 is 0 Å². The zero-order valence-corrected chi connectivity index (χ0v) is 9.86. The number of hydrogen-bond acceptors (Lipinski definition) is 1. The molecule has 0 heterocycles. The van der Waals surface area contributed by atoms with Crippen LogP contribution in [0.5, 0.6) is 0 Å². The minimum absolute atomic E-state index is 0.768. The molecule has 21 valence electrons. The maximum atomic E-state index is 2.21. The second-order valence-electron chi connectivity index (χ2n) is 1.08. The third-order valence-corrected chi connectivity index (χ3v) is 0. The molecule has 0 amide bonds. The Morgan fingerprint density at radius 2 is 1.50 bits per heavy atom. The van der Waals surface area contributed by atoms with Gasteiger partial charge in [0.15, 0.2) is 0 Å². The Bertz CT molecular complexity index is 10.8. The van der Waals surface area contributed by atoms with Crippen molar-refractivity contribution in [1.82, 2.24) is 5.32 Å². The van der Waals surface area contributed by atoms with Crippen LogP contribution in [-0.2, 0) is 0 Å². The molecule has 0 N–H and O–H groups in total. The summed E-state index contributed by atoms with van der Waals surface area (Å²) in [6, 6.07) is 0. The molecule has 2 heteroatoms. The summed E-state index contributed by atoms with van der Waals surface area (Å²) < 4.78 is 0.768. The van der Waals surface area contributed by atoms with Gasteiger partial charge >= 0.3 is 19.4 Å². The normalized spacial score (nSPS) is 9.25. The van der Waals surface area contributed by atoms with Gasteiger partial charge in [-0.2, -0.15) is 0 Å². The van der Waals surface area contributed by atoms with Crippen molar-refractivity contribution in [2.75, 3.05) is 14.1 Å². The predicted octanol–water partition coefficient (Wildman–Crippen LogP) is 0.0123. The zero-order valence-electron chi connectivity index (χ0n) is 3.15. The second kappa shape index (κ2) is 0.470. The van der Waals surface area contributed by atoms with Gasteiger partial charge in [0.25, 0.3) is 0 Å². The zero-order chi connectivity index (χ0) is 3.58. The van der Waals surface area contributed by atoms with E-state index in [9.17, 15) is 0 Å². The fraction of sp³-hybridized carbons (Fsp3) is 1.00. The van der Waals surface area contributed by atoms with E-state index in [0.29, 0.717) is 0 Å². The first kappa shape index (κ1) is 2.96. The SMILES string of the molecule is C[N](C)[Nh]. The molecule has 0 aliphatic carbocycles. The van der Waals surface area contributed by atoms with Gasteiger partial charge in [0.05, 0.1) is 0 Å². The van der Waals surface area contributed by atoms with E-state index in [4.69, 9.17) is 0 Å². The third kappa shape index (κ3) is 0.00142. The van der Waals surface area contributed by atoms with Gasteiger partial charge in [0.1, 0.15) is 0 Å². The van der Waals surface area contributed by atoms with Gasteiger partial charge in [-0.25, -0.2) is 0 Å². The van der Waals surface area contributed by atoms with Crippen molar-refractivity contribution in [3.8, 4) is 0 Å². The van der Waals surface area contributed by atoms with Crippen molar-refractivity contribution in [2.45, 2.75) is 0 Å². The van der Waals surface area contributed by atoms with Crippen LogP contribution in [0.4, 0.5) is 0 Å². The number of rotatable bonds is 0. The average molecular weight is 328 g/mol. The van der Waals surface area contributed by atoms with Gasteiger partial charge in [-0.05, 0) is 0 Å². The molecule has 0 radical (unpaired) electrons. The van der Waals surface area contributed by atoms with Crippen molar-refractivity contribution in [2.24, 2.45) is 0 Å². The fourth-order valence-electron chi connectivity index (χ4n) is 0. The molecule has 0 fully saturated rings. The Kier molecular flexibility index (Phi) is 0.348. The van der Waals surface area contributed by atoms with Crippen LogP contribution in [0.2, 0.25) is 0 Å². The average Bonchev–Trinajstić information content (AvgIpc) is 0.811. The van der Waals surface area contributed by atoms with Crippen molar-refractivity contribution in [3.05, 3.63) is 0 Å². The summed E-state index contributed by atoms with van der Waals surface area (Å²) >= 11 is 0. The van der Waals surface area contributed by atoms with E-state index in [1.165, 1.54) is 0 Å². The predicted molar refractivity (Wildman–Crippen MR) is 13.7 cm³/mol. The summed E-state index contributed by atoms with van der Waals surface area (Å²) in [5, 5.41) is 2.21. The van der Waals surface area contributed by atoms with Crippen LogP contribution < -0.4 is 0 Å². The van der Waals surface area contributed by atoms with Gasteiger partial charge in [-0.15, -0.1) is 0 Å². The summed E-state index contributed by atoms with van der Waals surface area (Å²) in [6.07, 6.45) is 0.